The van der Waals surface area contributed by atoms with Crippen molar-refractivity contribution >= 4 is 67.1 Å². The first-order chi connectivity index (χ1) is 21.3. The van der Waals surface area contributed by atoms with Crippen molar-refractivity contribution in [2.75, 3.05) is 11.4 Å². The van der Waals surface area contributed by atoms with Gasteiger partial charge in [-0.15, -0.1) is 0 Å². The molecule has 0 atom stereocenters. The van der Waals surface area contributed by atoms with E-state index in [1.165, 1.54) is 5.56 Å². The predicted octanol–water partition coefficient (Wildman–Crippen LogP) is 10.2. The van der Waals surface area contributed by atoms with Crippen LogP contribution >= 0.6 is 0 Å². The molecule has 0 N–H and O–H groups in total. The van der Waals surface area contributed by atoms with E-state index in [4.69, 9.17) is 4.42 Å². The van der Waals surface area contributed by atoms with Crippen LogP contribution in [-0.2, 0) is 0 Å². The molecule has 0 amide bonds. The number of hydrogen-bond donors (Lipinski definition) is 0. The molecule has 1 aliphatic heterocycles. The summed E-state index contributed by atoms with van der Waals surface area (Å²) in [4.78, 5) is 6.47. The Morgan fingerprint density at radius 1 is 0.674 bits per heavy atom. The summed E-state index contributed by atoms with van der Waals surface area (Å²) in [6, 6.07) is 39.8. The van der Waals surface area contributed by atoms with E-state index in [1.54, 1.807) is 0 Å². The molecule has 0 unspecified atom stereocenters. The minimum absolute atomic E-state index is 0.664. The summed E-state index contributed by atoms with van der Waals surface area (Å²) < 4.78 is 6.32. The highest BCUT2D eigenvalue weighted by molar-refractivity contribution is 6.22. The zero-order chi connectivity index (χ0) is 28.9. The number of fused-ring (bicyclic) bond motifs is 4. The molecular weight excluding hydrogens is 526 g/mol. The number of aliphatic imine (C=N–C) groups is 1. The molecule has 0 bridgehead atoms. The fourth-order valence-electron chi connectivity index (χ4n) is 6.56. The quantitative estimate of drug-likeness (QED) is 0.162. The van der Waals surface area contributed by atoms with E-state index >= 15 is 0 Å². The number of para-hydroxylation sites is 1. The van der Waals surface area contributed by atoms with Crippen molar-refractivity contribution in [1.82, 2.24) is 0 Å². The number of anilines is 1. The Hall–Kier alpha value is -5.92. The Bertz CT molecular complexity index is 2310. The fourth-order valence-corrected chi connectivity index (χ4v) is 6.56. The lowest BCUT2D eigenvalue weighted by Gasteiger charge is -2.24. The van der Waals surface area contributed by atoms with Gasteiger partial charge in [0.25, 0.3) is 0 Å². The van der Waals surface area contributed by atoms with Crippen molar-refractivity contribution < 1.29 is 4.42 Å². The Labute approximate surface area is 248 Å². The molecule has 6 aromatic carbocycles. The Morgan fingerprint density at radius 3 is 1.91 bits per heavy atom. The molecule has 0 spiro atoms. The summed E-state index contributed by atoms with van der Waals surface area (Å²) in [6.07, 6.45) is 6.53. The molecule has 4 nitrogen and oxygen atoms in total. The summed E-state index contributed by atoms with van der Waals surface area (Å²) in [6.45, 7) is 4.51. The smallest absolute Gasteiger partial charge is 0.226 e. The molecule has 2 heterocycles. The van der Waals surface area contributed by atoms with Crippen LogP contribution in [0.3, 0.4) is 0 Å². The summed E-state index contributed by atoms with van der Waals surface area (Å²) in [7, 11) is 0. The van der Waals surface area contributed by atoms with Gasteiger partial charge in [0.05, 0.1) is 11.6 Å². The van der Waals surface area contributed by atoms with Crippen LogP contribution in [0.2, 0.25) is 0 Å². The zero-order valence-corrected chi connectivity index (χ0v) is 23.3. The van der Waals surface area contributed by atoms with Gasteiger partial charge in [-0.2, -0.15) is 5.26 Å². The average molecular weight is 552 g/mol. The van der Waals surface area contributed by atoms with Crippen LogP contribution in [-0.4, -0.2) is 13.3 Å². The number of hydrogen-bond acceptors (Lipinski definition) is 4. The molecule has 202 valence electrons. The minimum Gasteiger partial charge on any atom is -0.438 e. The lowest BCUT2D eigenvalue weighted by Crippen LogP contribution is -2.18. The van der Waals surface area contributed by atoms with Crippen LogP contribution in [0.1, 0.15) is 11.1 Å². The Kier molecular flexibility index (Phi) is 5.70. The SMILES string of the molecule is C=Nc1c(N2C=C(c3c4ccccc4c(-c4ccc(C#N)c5ccccc45)c4ccccc34)C=CC2)oc2ccccc12. The largest absolute Gasteiger partial charge is 0.438 e. The van der Waals surface area contributed by atoms with E-state index in [0.29, 0.717) is 18.0 Å². The molecule has 0 aliphatic carbocycles. The standard InChI is InChI=1S/C39H25N3O/c1-41-38-34-18-8-9-19-35(34)43-39(38)42-22-10-11-26(24-42)36-29-14-4-6-16-31(29)37(32-17-7-5-15-30(32)36)33-21-20-25(23-40)27-12-2-3-13-28(27)33/h2-21,24H,1,22H2. The predicted molar refractivity (Wildman–Crippen MR) is 179 cm³/mol. The Balaban J connectivity index is 1.41. The van der Waals surface area contributed by atoms with Gasteiger partial charge in [-0.3, -0.25) is 4.99 Å². The number of rotatable bonds is 4. The average Bonchev–Trinajstić information content (AvgIpc) is 3.46. The number of furan rings is 1. The molecule has 0 saturated heterocycles. The van der Waals surface area contributed by atoms with Gasteiger partial charge in [0, 0.05) is 23.5 Å². The molecule has 8 rings (SSSR count). The van der Waals surface area contributed by atoms with E-state index in [1.807, 2.05) is 48.5 Å². The van der Waals surface area contributed by atoms with Crippen LogP contribution in [0.25, 0.3) is 60.0 Å². The normalized spacial score (nSPS) is 13.1. The van der Waals surface area contributed by atoms with Gasteiger partial charge in [-0.05, 0) is 74.1 Å². The van der Waals surface area contributed by atoms with Gasteiger partial charge < -0.3 is 9.32 Å². The highest BCUT2D eigenvalue weighted by Crippen LogP contribution is 2.46. The monoisotopic (exact) mass is 551 g/mol. The van der Waals surface area contributed by atoms with E-state index in [2.05, 4.69) is 102 Å². The number of nitrogens with zero attached hydrogens (tertiary/aromatic N) is 3. The van der Waals surface area contributed by atoms with Gasteiger partial charge in [-0.1, -0.05) is 103 Å². The summed E-state index contributed by atoms with van der Waals surface area (Å²) in [5, 5.41) is 17.4. The first-order valence-electron chi connectivity index (χ1n) is 14.3. The topological polar surface area (TPSA) is 52.5 Å². The Morgan fingerprint density at radius 2 is 1.26 bits per heavy atom. The van der Waals surface area contributed by atoms with Crippen molar-refractivity contribution in [2.45, 2.75) is 0 Å². The van der Waals surface area contributed by atoms with Gasteiger partial charge in [-0.25, -0.2) is 0 Å². The van der Waals surface area contributed by atoms with Crippen molar-refractivity contribution in [3.8, 4) is 17.2 Å². The molecule has 0 fully saturated rings. The van der Waals surface area contributed by atoms with E-state index in [0.717, 1.165) is 65.7 Å². The molecule has 0 saturated carbocycles. The van der Waals surface area contributed by atoms with Crippen LogP contribution in [0.5, 0.6) is 0 Å². The first kappa shape index (κ1) is 24.8. The third-order valence-corrected chi connectivity index (χ3v) is 8.40. The van der Waals surface area contributed by atoms with Crippen molar-refractivity contribution in [3.05, 3.63) is 139 Å². The third kappa shape index (κ3) is 3.80. The summed E-state index contributed by atoms with van der Waals surface area (Å²) in [5.74, 6) is 0.687. The van der Waals surface area contributed by atoms with Crippen LogP contribution in [0, 0.1) is 11.3 Å². The van der Waals surface area contributed by atoms with Crippen molar-refractivity contribution in [1.29, 1.82) is 5.26 Å². The minimum atomic E-state index is 0.664. The second kappa shape index (κ2) is 9.87. The van der Waals surface area contributed by atoms with E-state index in [9.17, 15) is 5.26 Å². The molecule has 43 heavy (non-hydrogen) atoms. The molecule has 4 heteroatoms. The number of allylic oxidation sites excluding steroid dienone is 2. The first-order valence-corrected chi connectivity index (χ1v) is 14.3. The second-order valence-electron chi connectivity index (χ2n) is 10.7. The fraction of sp³-hybridized carbons (Fsp3) is 0.0256. The van der Waals surface area contributed by atoms with Gasteiger partial charge in [0.1, 0.15) is 11.3 Å². The number of nitriles is 1. The maximum Gasteiger partial charge on any atom is 0.226 e. The number of benzene rings is 6. The van der Waals surface area contributed by atoms with Gasteiger partial charge >= 0.3 is 0 Å². The molecule has 0 radical (unpaired) electrons. The van der Waals surface area contributed by atoms with Crippen LogP contribution in [0.15, 0.2) is 137 Å². The van der Waals surface area contributed by atoms with Crippen molar-refractivity contribution in [3.63, 3.8) is 0 Å². The molecule has 1 aromatic heterocycles. The lowest BCUT2D eigenvalue weighted by atomic mass is 9.84. The van der Waals surface area contributed by atoms with E-state index < -0.39 is 0 Å². The highest BCUT2D eigenvalue weighted by Gasteiger charge is 2.23. The second-order valence-corrected chi connectivity index (χ2v) is 10.7. The van der Waals surface area contributed by atoms with Crippen LogP contribution < -0.4 is 4.90 Å². The lowest BCUT2D eigenvalue weighted by molar-refractivity contribution is 0.610. The highest BCUT2D eigenvalue weighted by atomic mass is 16.4. The molecule has 7 aromatic rings. The molecule has 1 aliphatic rings. The molecular formula is C39H25N3O. The summed E-state index contributed by atoms with van der Waals surface area (Å²) in [5.41, 5.74) is 6.76. The van der Waals surface area contributed by atoms with Gasteiger partial charge in [0.2, 0.25) is 5.88 Å². The maximum absolute atomic E-state index is 9.82. The van der Waals surface area contributed by atoms with E-state index in [-0.39, 0.29) is 0 Å². The van der Waals surface area contributed by atoms with Crippen LogP contribution in [0.4, 0.5) is 11.6 Å². The summed E-state index contributed by atoms with van der Waals surface area (Å²) >= 11 is 0. The van der Waals surface area contributed by atoms with Gasteiger partial charge in [0.15, 0.2) is 0 Å². The van der Waals surface area contributed by atoms with Crippen molar-refractivity contribution in [2.24, 2.45) is 4.99 Å². The maximum atomic E-state index is 9.82. The third-order valence-electron chi connectivity index (χ3n) is 8.40. The zero-order valence-electron chi connectivity index (χ0n) is 23.3.